The zero-order chi connectivity index (χ0) is 23.9. The molecule has 0 saturated carbocycles. The van der Waals surface area contributed by atoms with Crippen molar-refractivity contribution in [2.24, 2.45) is 11.7 Å². The molecule has 1 heterocycles. The molecule has 8 nitrogen and oxygen atoms in total. The molecule has 0 spiro atoms. The molecule has 1 aromatic heterocycles. The Morgan fingerprint density at radius 2 is 1.82 bits per heavy atom. The van der Waals surface area contributed by atoms with Crippen molar-refractivity contribution in [2.75, 3.05) is 13.1 Å². The summed E-state index contributed by atoms with van der Waals surface area (Å²) in [6.45, 7) is 3.25. The highest BCUT2D eigenvalue weighted by molar-refractivity contribution is 5.92. The van der Waals surface area contributed by atoms with Gasteiger partial charge in [-0.05, 0) is 47.4 Å². The molecule has 1 unspecified atom stereocenters. The first-order valence-corrected chi connectivity index (χ1v) is 11.9. The predicted molar refractivity (Wildman–Crippen MR) is 130 cm³/mol. The molecule has 8 heteroatoms. The third-order valence-corrected chi connectivity index (χ3v) is 6.38. The summed E-state index contributed by atoms with van der Waals surface area (Å²) in [6.07, 6.45) is 4.97. The summed E-state index contributed by atoms with van der Waals surface area (Å²) in [4.78, 5) is 25.0. The third kappa shape index (κ3) is 5.88. The molecule has 0 fully saturated rings. The Kier molecular flexibility index (Phi) is 7.69. The van der Waals surface area contributed by atoms with Gasteiger partial charge >= 0.3 is 0 Å². The first kappa shape index (κ1) is 23.6. The zero-order valence-corrected chi connectivity index (χ0v) is 19.5. The van der Waals surface area contributed by atoms with E-state index in [0.717, 1.165) is 24.8 Å². The van der Waals surface area contributed by atoms with E-state index in [1.54, 1.807) is 10.9 Å². The van der Waals surface area contributed by atoms with Gasteiger partial charge in [-0.1, -0.05) is 60.7 Å². The highest BCUT2D eigenvalue weighted by Gasteiger charge is 2.23. The fraction of sp³-hybridized carbons (Fsp3) is 0.385. The summed E-state index contributed by atoms with van der Waals surface area (Å²) in [5.74, 6) is 0.0644. The number of amides is 2. The van der Waals surface area contributed by atoms with Gasteiger partial charge < -0.3 is 16.4 Å². The van der Waals surface area contributed by atoms with Gasteiger partial charge in [-0.15, -0.1) is 5.10 Å². The number of aryl methyl sites for hydroxylation is 1. The summed E-state index contributed by atoms with van der Waals surface area (Å²) in [7, 11) is 0. The van der Waals surface area contributed by atoms with Crippen LogP contribution in [0.25, 0.3) is 0 Å². The number of carbonyl (C=O) groups excluding carboxylic acids is 2. The van der Waals surface area contributed by atoms with Gasteiger partial charge in [0, 0.05) is 19.5 Å². The molecule has 178 valence electrons. The van der Waals surface area contributed by atoms with Crippen LogP contribution in [0.5, 0.6) is 0 Å². The lowest BCUT2D eigenvalue weighted by Crippen LogP contribution is -2.33. The molecule has 1 aliphatic rings. The zero-order valence-electron chi connectivity index (χ0n) is 19.5. The number of hydrogen-bond acceptors (Lipinski definition) is 5. The summed E-state index contributed by atoms with van der Waals surface area (Å²) in [6, 6.07) is 16.1. The van der Waals surface area contributed by atoms with E-state index < -0.39 is 0 Å². The third-order valence-electron chi connectivity index (χ3n) is 6.38. The lowest BCUT2D eigenvalue weighted by Gasteiger charge is -2.16. The van der Waals surface area contributed by atoms with E-state index in [9.17, 15) is 9.59 Å². The van der Waals surface area contributed by atoms with Crippen molar-refractivity contribution >= 4 is 11.8 Å². The van der Waals surface area contributed by atoms with Gasteiger partial charge in [0.2, 0.25) is 5.91 Å². The van der Waals surface area contributed by atoms with Crippen LogP contribution < -0.4 is 16.4 Å². The van der Waals surface area contributed by atoms with E-state index in [1.165, 1.54) is 16.7 Å². The van der Waals surface area contributed by atoms with Crippen molar-refractivity contribution < 1.29 is 9.59 Å². The SMILES string of the molecule is CCc1ccc(C(CN)NC(=O)c2cn(CCNC(=O)CC3Cc4ccccc4C3)nn2)cc1. The first-order chi connectivity index (χ1) is 16.6. The Balaban J connectivity index is 1.22. The van der Waals surface area contributed by atoms with E-state index in [-0.39, 0.29) is 30.1 Å². The van der Waals surface area contributed by atoms with E-state index in [0.29, 0.717) is 25.4 Å². The lowest BCUT2D eigenvalue weighted by atomic mass is 10.0. The van der Waals surface area contributed by atoms with Crippen molar-refractivity contribution in [3.05, 3.63) is 82.7 Å². The molecule has 34 heavy (non-hydrogen) atoms. The molecular weight excluding hydrogens is 428 g/mol. The molecule has 1 atom stereocenters. The molecule has 4 N–H and O–H groups in total. The van der Waals surface area contributed by atoms with E-state index in [4.69, 9.17) is 5.73 Å². The first-order valence-electron chi connectivity index (χ1n) is 11.9. The van der Waals surface area contributed by atoms with E-state index in [1.807, 2.05) is 36.4 Å². The minimum Gasteiger partial charge on any atom is -0.354 e. The predicted octanol–water partition coefficient (Wildman–Crippen LogP) is 2.19. The van der Waals surface area contributed by atoms with Crippen LogP contribution in [-0.2, 0) is 30.6 Å². The fourth-order valence-corrected chi connectivity index (χ4v) is 4.45. The summed E-state index contributed by atoms with van der Waals surface area (Å²) < 4.78 is 1.56. The molecule has 4 rings (SSSR count). The molecule has 0 saturated heterocycles. The molecule has 1 aliphatic carbocycles. The van der Waals surface area contributed by atoms with Crippen LogP contribution in [-0.4, -0.2) is 39.9 Å². The topological polar surface area (TPSA) is 115 Å². The van der Waals surface area contributed by atoms with Crippen LogP contribution in [0.2, 0.25) is 0 Å². The van der Waals surface area contributed by atoms with E-state index in [2.05, 4.69) is 40.0 Å². The van der Waals surface area contributed by atoms with Crippen LogP contribution in [0.1, 0.15) is 52.1 Å². The lowest BCUT2D eigenvalue weighted by molar-refractivity contribution is -0.122. The molecule has 0 radical (unpaired) electrons. The molecule has 3 aromatic rings. The quantitative estimate of drug-likeness (QED) is 0.429. The average Bonchev–Trinajstić information content (AvgIpc) is 3.49. The number of fused-ring (bicyclic) bond motifs is 1. The number of hydrogen-bond donors (Lipinski definition) is 3. The molecule has 2 aromatic carbocycles. The Bertz CT molecular complexity index is 1100. The largest absolute Gasteiger partial charge is 0.354 e. The van der Waals surface area contributed by atoms with Crippen molar-refractivity contribution in [2.45, 2.75) is 45.2 Å². The Morgan fingerprint density at radius 3 is 2.47 bits per heavy atom. The number of nitrogens with two attached hydrogens (primary N) is 1. The summed E-state index contributed by atoms with van der Waals surface area (Å²) in [5.41, 5.74) is 11.0. The Labute approximate surface area is 199 Å². The Hall–Kier alpha value is -3.52. The van der Waals surface area contributed by atoms with Crippen molar-refractivity contribution in [3.8, 4) is 0 Å². The van der Waals surface area contributed by atoms with Gasteiger partial charge in [-0.3, -0.25) is 9.59 Å². The maximum absolute atomic E-state index is 12.6. The van der Waals surface area contributed by atoms with Gasteiger partial charge in [-0.2, -0.15) is 0 Å². The molecule has 0 aliphatic heterocycles. The van der Waals surface area contributed by atoms with Gasteiger partial charge in [0.1, 0.15) is 0 Å². The van der Waals surface area contributed by atoms with Crippen LogP contribution in [0, 0.1) is 5.92 Å². The van der Waals surface area contributed by atoms with Gasteiger partial charge in [-0.25, -0.2) is 4.68 Å². The van der Waals surface area contributed by atoms with Crippen molar-refractivity contribution in [1.29, 1.82) is 0 Å². The minimum atomic E-state index is -0.328. The minimum absolute atomic E-state index is 0.0377. The monoisotopic (exact) mass is 460 g/mol. The smallest absolute Gasteiger partial charge is 0.273 e. The highest BCUT2D eigenvalue weighted by atomic mass is 16.2. The maximum atomic E-state index is 12.6. The van der Waals surface area contributed by atoms with Gasteiger partial charge in [0.15, 0.2) is 5.69 Å². The fourth-order valence-electron chi connectivity index (χ4n) is 4.45. The molecule has 2 amide bonds. The second-order valence-corrected chi connectivity index (χ2v) is 8.82. The second kappa shape index (κ2) is 11.1. The normalized spacial score (nSPS) is 13.9. The number of benzene rings is 2. The Morgan fingerprint density at radius 1 is 1.12 bits per heavy atom. The number of nitrogens with one attached hydrogen (secondary N) is 2. The summed E-state index contributed by atoms with van der Waals surface area (Å²) >= 11 is 0. The van der Waals surface area contributed by atoms with Gasteiger partial charge in [0.25, 0.3) is 5.91 Å². The number of aromatic nitrogens is 3. The van der Waals surface area contributed by atoms with Crippen LogP contribution >= 0.6 is 0 Å². The van der Waals surface area contributed by atoms with Crippen LogP contribution in [0.4, 0.5) is 0 Å². The van der Waals surface area contributed by atoms with Crippen molar-refractivity contribution in [3.63, 3.8) is 0 Å². The number of nitrogens with zero attached hydrogens (tertiary/aromatic N) is 3. The van der Waals surface area contributed by atoms with Crippen molar-refractivity contribution in [1.82, 2.24) is 25.6 Å². The highest BCUT2D eigenvalue weighted by Crippen LogP contribution is 2.28. The number of carbonyl (C=O) groups is 2. The molecular formula is C26H32N6O2. The maximum Gasteiger partial charge on any atom is 0.273 e. The number of rotatable bonds is 10. The van der Waals surface area contributed by atoms with Gasteiger partial charge in [0.05, 0.1) is 18.8 Å². The van der Waals surface area contributed by atoms with Crippen LogP contribution in [0.15, 0.2) is 54.7 Å². The standard InChI is InChI=1S/C26H32N6O2/c1-2-18-7-9-20(10-8-18)23(16-27)29-26(34)24-17-32(31-30-24)12-11-28-25(33)15-19-13-21-5-3-4-6-22(21)14-19/h3-10,17,19,23H,2,11-16,27H2,1H3,(H,28,33)(H,29,34). The van der Waals surface area contributed by atoms with Crippen LogP contribution in [0.3, 0.4) is 0 Å². The average molecular weight is 461 g/mol. The summed E-state index contributed by atoms with van der Waals surface area (Å²) in [5, 5.41) is 13.9. The molecule has 0 bridgehead atoms. The van der Waals surface area contributed by atoms with E-state index >= 15 is 0 Å². The second-order valence-electron chi connectivity index (χ2n) is 8.82.